The number of hydrogen-bond donors (Lipinski definition) is 2. The fraction of sp³-hybridized carbons (Fsp3) is 0.625. The third kappa shape index (κ3) is 6.26. The zero-order chi connectivity index (χ0) is 14.6. The van der Waals surface area contributed by atoms with Crippen molar-refractivity contribution in [3.05, 3.63) is 23.8 Å². The standard InChI is InChI=1S/C16H28N2O2/c1-4-9-17-10-11-18-13-14-7-8-15(19-5-2)16(12-14)20-6-3/h7-8,12,17-18H,4-6,9-11,13H2,1-3H3. The van der Waals surface area contributed by atoms with Crippen molar-refractivity contribution in [1.29, 1.82) is 0 Å². The molecule has 4 heteroatoms. The summed E-state index contributed by atoms with van der Waals surface area (Å²) in [5.74, 6) is 1.65. The molecule has 0 unspecified atom stereocenters. The quantitative estimate of drug-likeness (QED) is 0.611. The topological polar surface area (TPSA) is 42.5 Å². The lowest BCUT2D eigenvalue weighted by atomic mass is 10.2. The second kappa shape index (κ2) is 10.5. The predicted octanol–water partition coefficient (Wildman–Crippen LogP) is 2.57. The third-order valence-electron chi connectivity index (χ3n) is 2.84. The van der Waals surface area contributed by atoms with Gasteiger partial charge in [-0.05, 0) is 44.5 Å². The summed E-state index contributed by atoms with van der Waals surface area (Å²) >= 11 is 0. The van der Waals surface area contributed by atoms with Gasteiger partial charge in [0.05, 0.1) is 13.2 Å². The summed E-state index contributed by atoms with van der Waals surface area (Å²) in [6.07, 6.45) is 1.18. The van der Waals surface area contributed by atoms with Crippen molar-refractivity contribution >= 4 is 0 Å². The maximum absolute atomic E-state index is 5.62. The molecule has 1 aromatic rings. The summed E-state index contributed by atoms with van der Waals surface area (Å²) in [5, 5.41) is 6.79. The molecule has 4 nitrogen and oxygen atoms in total. The second-order valence-corrected chi connectivity index (χ2v) is 4.57. The van der Waals surface area contributed by atoms with Gasteiger partial charge < -0.3 is 20.1 Å². The smallest absolute Gasteiger partial charge is 0.161 e. The van der Waals surface area contributed by atoms with Gasteiger partial charge in [0.25, 0.3) is 0 Å². The average Bonchev–Trinajstić information content (AvgIpc) is 2.46. The molecule has 0 atom stereocenters. The summed E-state index contributed by atoms with van der Waals surface area (Å²) in [7, 11) is 0. The molecular formula is C16H28N2O2. The molecule has 1 aromatic carbocycles. The van der Waals surface area contributed by atoms with Gasteiger partial charge in [-0.1, -0.05) is 13.0 Å². The number of nitrogens with one attached hydrogen (secondary N) is 2. The molecule has 0 aliphatic rings. The van der Waals surface area contributed by atoms with Gasteiger partial charge in [0.2, 0.25) is 0 Å². The van der Waals surface area contributed by atoms with Crippen LogP contribution in [0.15, 0.2) is 18.2 Å². The predicted molar refractivity (Wildman–Crippen MR) is 83.6 cm³/mol. The molecule has 0 aliphatic carbocycles. The first-order chi connectivity index (χ1) is 9.81. The lowest BCUT2D eigenvalue weighted by Gasteiger charge is -2.13. The van der Waals surface area contributed by atoms with Gasteiger partial charge in [-0.15, -0.1) is 0 Å². The molecule has 1 rings (SSSR count). The second-order valence-electron chi connectivity index (χ2n) is 4.57. The van der Waals surface area contributed by atoms with Crippen molar-refractivity contribution in [3.63, 3.8) is 0 Å². The number of ether oxygens (including phenoxy) is 2. The summed E-state index contributed by atoms with van der Waals surface area (Å²) < 4.78 is 11.2. The number of rotatable bonds is 11. The first-order valence-corrected chi connectivity index (χ1v) is 7.61. The molecule has 0 radical (unpaired) electrons. The Kier molecular flexibility index (Phi) is 8.83. The summed E-state index contributed by atoms with van der Waals surface area (Å²) in [6.45, 7) is 11.3. The Bertz CT molecular complexity index is 369. The summed E-state index contributed by atoms with van der Waals surface area (Å²) in [6, 6.07) is 6.13. The Morgan fingerprint density at radius 1 is 0.850 bits per heavy atom. The largest absolute Gasteiger partial charge is 0.490 e. The molecule has 0 aliphatic heterocycles. The van der Waals surface area contributed by atoms with Crippen LogP contribution in [-0.4, -0.2) is 32.8 Å². The lowest BCUT2D eigenvalue weighted by molar-refractivity contribution is 0.287. The van der Waals surface area contributed by atoms with Crippen molar-refractivity contribution in [2.45, 2.75) is 33.7 Å². The number of hydrogen-bond acceptors (Lipinski definition) is 4. The average molecular weight is 280 g/mol. The van der Waals surface area contributed by atoms with E-state index in [9.17, 15) is 0 Å². The van der Waals surface area contributed by atoms with Crippen LogP contribution < -0.4 is 20.1 Å². The van der Waals surface area contributed by atoms with E-state index >= 15 is 0 Å². The van der Waals surface area contributed by atoms with E-state index in [1.165, 1.54) is 12.0 Å². The van der Waals surface area contributed by atoms with Crippen molar-refractivity contribution < 1.29 is 9.47 Å². The van der Waals surface area contributed by atoms with Crippen LogP contribution in [0.3, 0.4) is 0 Å². The molecule has 20 heavy (non-hydrogen) atoms. The fourth-order valence-electron chi connectivity index (χ4n) is 1.92. The molecule has 114 valence electrons. The van der Waals surface area contributed by atoms with E-state index in [4.69, 9.17) is 9.47 Å². The highest BCUT2D eigenvalue weighted by atomic mass is 16.5. The van der Waals surface area contributed by atoms with Gasteiger partial charge in [-0.3, -0.25) is 0 Å². The Morgan fingerprint density at radius 3 is 2.25 bits per heavy atom. The van der Waals surface area contributed by atoms with Crippen LogP contribution in [0.5, 0.6) is 11.5 Å². The SMILES string of the molecule is CCCNCCNCc1ccc(OCC)c(OCC)c1. The first-order valence-electron chi connectivity index (χ1n) is 7.61. The van der Waals surface area contributed by atoms with Crippen molar-refractivity contribution in [3.8, 4) is 11.5 Å². The normalized spacial score (nSPS) is 10.6. The van der Waals surface area contributed by atoms with E-state index in [1.807, 2.05) is 19.9 Å². The van der Waals surface area contributed by atoms with Crippen molar-refractivity contribution in [2.75, 3.05) is 32.8 Å². The highest BCUT2D eigenvalue weighted by molar-refractivity contribution is 5.43. The van der Waals surface area contributed by atoms with E-state index in [0.717, 1.165) is 37.7 Å². The zero-order valence-corrected chi connectivity index (χ0v) is 13.0. The molecule has 0 aromatic heterocycles. The lowest BCUT2D eigenvalue weighted by Crippen LogP contribution is -2.27. The molecule has 0 amide bonds. The van der Waals surface area contributed by atoms with Gasteiger partial charge >= 0.3 is 0 Å². The van der Waals surface area contributed by atoms with Crippen LogP contribution in [0.2, 0.25) is 0 Å². The Labute approximate surface area is 122 Å². The van der Waals surface area contributed by atoms with Crippen LogP contribution >= 0.6 is 0 Å². The van der Waals surface area contributed by atoms with Crippen LogP contribution in [0, 0.1) is 0 Å². The molecular weight excluding hydrogens is 252 g/mol. The highest BCUT2D eigenvalue weighted by Crippen LogP contribution is 2.28. The molecule has 0 spiro atoms. The van der Waals surface area contributed by atoms with Crippen LogP contribution in [-0.2, 0) is 6.54 Å². The van der Waals surface area contributed by atoms with Crippen LogP contribution in [0.25, 0.3) is 0 Å². The number of benzene rings is 1. The Hall–Kier alpha value is -1.26. The first kappa shape index (κ1) is 16.8. The minimum Gasteiger partial charge on any atom is -0.490 e. The molecule has 0 fully saturated rings. The van der Waals surface area contributed by atoms with Crippen molar-refractivity contribution in [2.24, 2.45) is 0 Å². The zero-order valence-electron chi connectivity index (χ0n) is 13.0. The van der Waals surface area contributed by atoms with Crippen molar-refractivity contribution in [1.82, 2.24) is 10.6 Å². The van der Waals surface area contributed by atoms with Crippen LogP contribution in [0.1, 0.15) is 32.8 Å². The van der Waals surface area contributed by atoms with Crippen LogP contribution in [0.4, 0.5) is 0 Å². The minimum atomic E-state index is 0.651. The highest BCUT2D eigenvalue weighted by Gasteiger charge is 2.05. The van der Waals surface area contributed by atoms with Gasteiger partial charge in [-0.2, -0.15) is 0 Å². The van der Waals surface area contributed by atoms with Gasteiger partial charge in [0.1, 0.15) is 0 Å². The third-order valence-corrected chi connectivity index (χ3v) is 2.84. The van der Waals surface area contributed by atoms with Gasteiger partial charge in [0.15, 0.2) is 11.5 Å². The Morgan fingerprint density at radius 2 is 1.55 bits per heavy atom. The molecule has 2 N–H and O–H groups in total. The summed E-state index contributed by atoms with van der Waals surface area (Å²) in [4.78, 5) is 0. The van der Waals surface area contributed by atoms with E-state index in [1.54, 1.807) is 0 Å². The maximum atomic E-state index is 5.62. The molecule has 0 saturated carbocycles. The molecule has 0 bridgehead atoms. The molecule has 0 heterocycles. The fourth-order valence-corrected chi connectivity index (χ4v) is 1.92. The van der Waals surface area contributed by atoms with E-state index in [-0.39, 0.29) is 0 Å². The Balaban J connectivity index is 2.43. The minimum absolute atomic E-state index is 0.651. The van der Waals surface area contributed by atoms with E-state index in [2.05, 4.69) is 29.7 Å². The van der Waals surface area contributed by atoms with Gasteiger partial charge in [0, 0.05) is 19.6 Å². The monoisotopic (exact) mass is 280 g/mol. The molecule has 0 saturated heterocycles. The maximum Gasteiger partial charge on any atom is 0.161 e. The summed E-state index contributed by atoms with van der Waals surface area (Å²) in [5.41, 5.74) is 1.22. The van der Waals surface area contributed by atoms with Gasteiger partial charge in [-0.25, -0.2) is 0 Å². The van der Waals surface area contributed by atoms with E-state index in [0.29, 0.717) is 13.2 Å². The van der Waals surface area contributed by atoms with E-state index < -0.39 is 0 Å².